The van der Waals surface area contributed by atoms with Crippen LogP contribution in [0.4, 0.5) is 0 Å². The lowest BCUT2D eigenvalue weighted by molar-refractivity contribution is -0.0287. The lowest BCUT2D eigenvalue weighted by Gasteiger charge is -2.29. The molecule has 1 fully saturated rings. The molecule has 0 radical (unpaired) electrons. The van der Waals surface area contributed by atoms with E-state index in [1.807, 2.05) is 48.5 Å². The second-order valence-corrected chi connectivity index (χ2v) is 6.46. The number of halogens is 1. The fourth-order valence-electron chi connectivity index (χ4n) is 2.73. The van der Waals surface area contributed by atoms with Crippen molar-refractivity contribution in [3.63, 3.8) is 0 Å². The highest BCUT2D eigenvalue weighted by Gasteiger charge is 2.20. The maximum atomic E-state index is 12.2. The molecule has 24 heavy (non-hydrogen) atoms. The highest BCUT2D eigenvalue weighted by atomic mass is 35.5. The fourth-order valence-corrected chi connectivity index (χ4v) is 2.85. The highest BCUT2D eigenvalue weighted by Crippen LogP contribution is 2.21. The van der Waals surface area contributed by atoms with E-state index in [1.165, 1.54) is 0 Å². The Kier molecular flexibility index (Phi) is 5.51. The van der Waals surface area contributed by atoms with E-state index >= 15 is 0 Å². The van der Waals surface area contributed by atoms with Crippen molar-refractivity contribution in [1.29, 1.82) is 0 Å². The molecule has 3 rings (SSSR count). The van der Waals surface area contributed by atoms with Crippen LogP contribution in [0.25, 0.3) is 0 Å². The van der Waals surface area contributed by atoms with Crippen LogP contribution in [0.3, 0.4) is 0 Å². The molecule has 0 aromatic heterocycles. The second-order valence-electron chi connectivity index (χ2n) is 6.02. The van der Waals surface area contributed by atoms with E-state index in [1.54, 1.807) is 0 Å². The molecule has 2 aromatic rings. The molecular weight excluding hydrogens is 324 g/mol. The van der Waals surface area contributed by atoms with Gasteiger partial charge in [-0.15, -0.1) is 0 Å². The largest absolute Gasteiger partial charge is 0.368 e. The van der Waals surface area contributed by atoms with Crippen molar-refractivity contribution in [3.05, 3.63) is 70.2 Å². The van der Waals surface area contributed by atoms with E-state index in [4.69, 9.17) is 16.3 Å². The maximum Gasteiger partial charge on any atom is 0.251 e. The molecule has 1 aliphatic rings. The monoisotopic (exact) mass is 344 g/mol. The zero-order valence-corrected chi connectivity index (χ0v) is 14.3. The van der Waals surface area contributed by atoms with E-state index < -0.39 is 0 Å². The minimum atomic E-state index is -0.0902. The molecule has 1 saturated heterocycles. The Morgan fingerprint density at radius 3 is 2.54 bits per heavy atom. The summed E-state index contributed by atoms with van der Waals surface area (Å²) in [5, 5.41) is 6.95. The number of hydrogen-bond acceptors (Lipinski definition) is 3. The van der Waals surface area contributed by atoms with E-state index in [2.05, 4.69) is 17.6 Å². The Hall–Kier alpha value is -1.88. The van der Waals surface area contributed by atoms with Gasteiger partial charge in [-0.1, -0.05) is 35.9 Å². The van der Waals surface area contributed by atoms with Crippen molar-refractivity contribution in [3.8, 4) is 0 Å². The summed E-state index contributed by atoms with van der Waals surface area (Å²) in [6.45, 7) is 4.21. The molecule has 4 nitrogen and oxygen atoms in total. The van der Waals surface area contributed by atoms with E-state index in [-0.39, 0.29) is 18.1 Å². The summed E-state index contributed by atoms with van der Waals surface area (Å²) in [7, 11) is 0. The van der Waals surface area contributed by atoms with Crippen LogP contribution in [-0.2, 0) is 11.3 Å². The SMILES string of the molecule is C[C@@H]1CNC[C@H](c2ccc(C(=O)NCc3ccc(Cl)cc3)cc2)O1. The lowest BCUT2D eigenvalue weighted by atomic mass is 10.0. The van der Waals surface area contributed by atoms with Gasteiger partial charge in [-0.3, -0.25) is 4.79 Å². The van der Waals surface area contributed by atoms with Gasteiger partial charge < -0.3 is 15.4 Å². The summed E-state index contributed by atoms with van der Waals surface area (Å²) in [5.74, 6) is -0.0902. The number of hydrogen-bond donors (Lipinski definition) is 2. The summed E-state index contributed by atoms with van der Waals surface area (Å²) in [4.78, 5) is 12.2. The Bertz CT molecular complexity index is 686. The van der Waals surface area contributed by atoms with Gasteiger partial charge in [0.2, 0.25) is 0 Å². The molecule has 1 amide bonds. The molecule has 126 valence electrons. The van der Waals surface area contributed by atoms with Crippen LogP contribution in [-0.4, -0.2) is 25.1 Å². The molecule has 0 aliphatic carbocycles. The Morgan fingerprint density at radius 2 is 1.88 bits per heavy atom. The topological polar surface area (TPSA) is 50.4 Å². The van der Waals surface area contributed by atoms with Gasteiger partial charge in [-0.25, -0.2) is 0 Å². The molecule has 2 atom stereocenters. The van der Waals surface area contributed by atoms with Gasteiger partial charge in [0, 0.05) is 30.2 Å². The number of carbonyl (C=O) groups is 1. The van der Waals surface area contributed by atoms with Crippen LogP contribution < -0.4 is 10.6 Å². The van der Waals surface area contributed by atoms with Gasteiger partial charge in [-0.05, 0) is 42.3 Å². The number of benzene rings is 2. The molecule has 2 aromatic carbocycles. The van der Waals surface area contributed by atoms with Crippen LogP contribution in [0.2, 0.25) is 5.02 Å². The van der Waals surface area contributed by atoms with E-state index in [0.29, 0.717) is 17.1 Å². The first-order valence-electron chi connectivity index (χ1n) is 8.10. The van der Waals surface area contributed by atoms with Gasteiger partial charge in [0.15, 0.2) is 0 Å². The average Bonchev–Trinajstić information content (AvgIpc) is 2.61. The van der Waals surface area contributed by atoms with Crippen LogP contribution in [0.1, 0.15) is 34.5 Å². The van der Waals surface area contributed by atoms with Crippen molar-refractivity contribution < 1.29 is 9.53 Å². The van der Waals surface area contributed by atoms with Crippen LogP contribution in [0.5, 0.6) is 0 Å². The minimum Gasteiger partial charge on any atom is -0.368 e. The number of nitrogens with one attached hydrogen (secondary N) is 2. The van der Waals surface area contributed by atoms with E-state index in [0.717, 1.165) is 24.2 Å². The van der Waals surface area contributed by atoms with Gasteiger partial charge in [0.25, 0.3) is 5.91 Å². The first-order chi connectivity index (χ1) is 11.6. The molecule has 0 unspecified atom stereocenters. The maximum absolute atomic E-state index is 12.2. The predicted molar refractivity (Wildman–Crippen MR) is 95.2 cm³/mol. The van der Waals surface area contributed by atoms with E-state index in [9.17, 15) is 4.79 Å². The van der Waals surface area contributed by atoms with Gasteiger partial charge in [0.1, 0.15) is 0 Å². The quantitative estimate of drug-likeness (QED) is 0.894. The zero-order chi connectivity index (χ0) is 16.9. The Balaban J connectivity index is 1.58. The molecule has 2 N–H and O–H groups in total. The highest BCUT2D eigenvalue weighted by molar-refractivity contribution is 6.30. The number of morpholine rings is 1. The zero-order valence-electron chi connectivity index (χ0n) is 13.6. The molecule has 0 saturated carbocycles. The number of ether oxygens (including phenoxy) is 1. The number of amides is 1. The number of rotatable bonds is 4. The van der Waals surface area contributed by atoms with Crippen molar-refractivity contribution in [2.45, 2.75) is 25.7 Å². The van der Waals surface area contributed by atoms with Gasteiger partial charge in [0.05, 0.1) is 12.2 Å². The minimum absolute atomic E-state index is 0.0416. The van der Waals surface area contributed by atoms with Crippen LogP contribution in [0.15, 0.2) is 48.5 Å². The van der Waals surface area contributed by atoms with Gasteiger partial charge in [-0.2, -0.15) is 0 Å². The smallest absolute Gasteiger partial charge is 0.251 e. The summed E-state index contributed by atoms with van der Waals surface area (Å²) in [6, 6.07) is 15.0. The summed E-state index contributed by atoms with van der Waals surface area (Å²) >= 11 is 5.86. The van der Waals surface area contributed by atoms with Crippen LogP contribution in [0, 0.1) is 0 Å². The first kappa shape index (κ1) is 17.0. The summed E-state index contributed by atoms with van der Waals surface area (Å²) < 4.78 is 5.91. The number of carbonyl (C=O) groups excluding carboxylic acids is 1. The lowest BCUT2D eigenvalue weighted by Crippen LogP contribution is -2.38. The van der Waals surface area contributed by atoms with Crippen LogP contribution >= 0.6 is 11.6 Å². The average molecular weight is 345 g/mol. The predicted octanol–water partition coefficient (Wildman–Crippen LogP) is 3.32. The Labute approximate surface area is 147 Å². The van der Waals surface area contributed by atoms with Crippen molar-refractivity contribution in [1.82, 2.24) is 10.6 Å². The molecular formula is C19H21ClN2O2. The van der Waals surface area contributed by atoms with Gasteiger partial charge >= 0.3 is 0 Å². The Morgan fingerprint density at radius 1 is 1.17 bits per heavy atom. The third kappa shape index (κ3) is 4.35. The molecule has 5 heteroatoms. The molecule has 0 bridgehead atoms. The van der Waals surface area contributed by atoms with Crippen molar-refractivity contribution in [2.75, 3.05) is 13.1 Å². The third-order valence-corrected chi connectivity index (χ3v) is 4.32. The van der Waals surface area contributed by atoms with Crippen molar-refractivity contribution in [2.24, 2.45) is 0 Å². The summed E-state index contributed by atoms with van der Waals surface area (Å²) in [6.07, 6.45) is 0.242. The normalized spacial score (nSPS) is 20.6. The molecule has 1 heterocycles. The fraction of sp³-hybridized carbons (Fsp3) is 0.316. The van der Waals surface area contributed by atoms with Crippen molar-refractivity contribution >= 4 is 17.5 Å². The second kappa shape index (κ2) is 7.79. The first-order valence-corrected chi connectivity index (χ1v) is 8.48. The summed E-state index contributed by atoms with van der Waals surface area (Å²) in [5.41, 5.74) is 2.74. The third-order valence-electron chi connectivity index (χ3n) is 4.07. The standard InChI is InChI=1S/C19H21ClN2O2/c1-13-10-21-12-18(24-13)15-4-6-16(7-5-15)19(23)22-11-14-2-8-17(20)9-3-14/h2-9,13,18,21H,10-12H2,1H3,(H,22,23)/t13-,18-/m1/s1. The molecule has 0 spiro atoms. The molecule has 1 aliphatic heterocycles.